The van der Waals surface area contributed by atoms with E-state index in [9.17, 15) is 27.6 Å². The highest BCUT2D eigenvalue weighted by molar-refractivity contribution is 7.92. The lowest BCUT2D eigenvalue weighted by molar-refractivity contribution is -0.131. The highest BCUT2D eigenvalue weighted by Gasteiger charge is 2.27. The smallest absolute Gasteiger partial charge is 0.251 e. The molecule has 4 rings (SSSR count). The fourth-order valence-corrected chi connectivity index (χ4v) is 6.57. The van der Waals surface area contributed by atoms with Crippen LogP contribution in [0.15, 0.2) is 97.1 Å². The predicted octanol–water partition coefficient (Wildman–Crippen LogP) is 4.59. The van der Waals surface area contributed by atoms with Crippen LogP contribution in [0, 0.1) is 5.92 Å². The molecule has 57 heavy (non-hydrogen) atoms. The van der Waals surface area contributed by atoms with E-state index in [0.717, 1.165) is 27.3 Å². The largest absolute Gasteiger partial charge is 0.399 e. The van der Waals surface area contributed by atoms with Gasteiger partial charge in [-0.2, -0.15) is 0 Å². The number of rotatable bonds is 18. The first-order chi connectivity index (χ1) is 26.9. The molecule has 7 N–H and O–H groups in total. The van der Waals surface area contributed by atoms with E-state index >= 15 is 0 Å². The normalized spacial score (nSPS) is 13.5. The molecule has 304 valence electrons. The van der Waals surface area contributed by atoms with E-state index in [4.69, 9.17) is 17.3 Å². The number of amides is 4. The van der Waals surface area contributed by atoms with Gasteiger partial charge in [-0.15, -0.1) is 0 Å². The molecule has 0 aliphatic carbocycles. The number of nitrogens with zero attached hydrogens (tertiary/aromatic N) is 1. The van der Waals surface area contributed by atoms with Crippen molar-refractivity contribution in [1.29, 1.82) is 0 Å². The number of nitrogens with one attached hydrogen (secondary N) is 5. The fraction of sp³-hybridized carbons (Fsp3) is 0.333. The van der Waals surface area contributed by atoms with Crippen LogP contribution in [-0.4, -0.2) is 70.0 Å². The summed E-state index contributed by atoms with van der Waals surface area (Å²) in [7, 11) is -2.42. The van der Waals surface area contributed by atoms with Crippen LogP contribution in [0.3, 0.4) is 0 Å². The second-order valence-corrected chi connectivity index (χ2v) is 16.9. The number of sulfonamides is 1. The van der Waals surface area contributed by atoms with Crippen LogP contribution in [0.5, 0.6) is 0 Å². The van der Waals surface area contributed by atoms with Crippen LogP contribution < -0.4 is 36.6 Å². The van der Waals surface area contributed by atoms with Gasteiger partial charge in [0.1, 0.15) is 6.04 Å². The number of hydrogen-bond donors (Lipinski definition) is 6. The molecule has 0 spiro atoms. The van der Waals surface area contributed by atoms with E-state index in [2.05, 4.69) is 26.6 Å². The molecule has 0 saturated heterocycles. The summed E-state index contributed by atoms with van der Waals surface area (Å²) in [6.07, 6.45) is 1.40. The fourth-order valence-electron chi connectivity index (χ4n) is 5.89. The van der Waals surface area contributed by atoms with E-state index in [-0.39, 0.29) is 41.7 Å². The van der Waals surface area contributed by atoms with Crippen molar-refractivity contribution in [3.8, 4) is 0 Å². The van der Waals surface area contributed by atoms with Crippen molar-refractivity contribution in [3.63, 3.8) is 0 Å². The van der Waals surface area contributed by atoms with Gasteiger partial charge in [-0.05, 0) is 85.3 Å². The van der Waals surface area contributed by atoms with E-state index in [1.54, 1.807) is 44.2 Å². The molecule has 4 atom stereocenters. The molecule has 4 amide bonds. The monoisotopic (exact) mass is 817 g/mol. The molecule has 0 radical (unpaired) electrons. The number of anilines is 2. The minimum absolute atomic E-state index is 0.0529. The van der Waals surface area contributed by atoms with Gasteiger partial charge in [-0.3, -0.25) is 23.5 Å². The lowest BCUT2D eigenvalue weighted by atomic mass is 10.0. The second kappa shape index (κ2) is 20.1. The predicted molar refractivity (Wildman–Crippen MR) is 225 cm³/mol. The molecule has 0 aromatic heterocycles. The summed E-state index contributed by atoms with van der Waals surface area (Å²) in [5, 5.41) is 15.3. The molecule has 15 heteroatoms. The SMILES string of the molecule is CC(C)[C@H](NC(=O)[C@H](C)NC[C@H](Cc1ccccc1)NC(=O)c1cc(C(=O)N[C@H](C)c2cccc(Cl)c2)cc(N(C)S(C)(=O)=O)c1)C(=O)NCc1ccc(N)cc1. The van der Waals surface area contributed by atoms with E-state index in [0.29, 0.717) is 17.1 Å². The Kier molecular flexibility index (Phi) is 15.6. The zero-order chi connectivity index (χ0) is 41.9. The maximum Gasteiger partial charge on any atom is 0.251 e. The van der Waals surface area contributed by atoms with Gasteiger partial charge in [0.2, 0.25) is 21.8 Å². The maximum absolute atomic E-state index is 14.0. The Morgan fingerprint density at radius 2 is 1.39 bits per heavy atom. The van der Waals surface area contributed by atoms with Gasteiger partial charge in [0.25, 0.3) is 11.8 Å². The summed E-state index contributed by atoms with van der Waals surface area (Å²) < 4.78 is 26.1. The van der Waals surface area contributed by atoms with Gasteiger partial charge in [-0.1, -0.05) is 80.0 Å². The highest BCUT2D eigenvalue weighted by Crippen LogP contribution is 2.23. The molecule has 0 fully saturated rings. The topological polar surface area (TPSA) is 192 Å². The van der Waals surface area contributed by atoms with Gasteiger partial charge in [0, 0.05) is 48.0 Å². The van der Waals surface area contributed by atoms with Gasteiger partial charge in [0.15, 0.2) is 0 Å². The Balaban J connectivity index is 1.51. The minimum atomic E-state index is -3.76. The van der Waals surface area contributed by atoms with Gasteiger partial charge < -0.3 is 32.3 Å². The molecule has 0 heterocycles. The summed E-state index contributed by atoms with van der Waals surface area (Å²) in [6.45, 7) is 7.56. The Labute approximate surface area is 340 Å². The molecule has 0 bridgehead atoms. The third-order valence-corrected chi connectivity index (χ3v) is 10.9. The molecular weight excluding hydrogens is 766 g/mol. The number of hydrogen-bond acceptors (Lipinski definition) is 8. The Morgan fingerprint density at radius 3 is 1.98 bits per heavy atom. The Bertz CT molecular complexity index is 2130. The van der Waals surface area contributed by atoms with Gasteiger partial charge in [-0.25, -0.2) is 8.42 Å². The van der Waals surface area contributed by atoms with Gasteiger partial charge in [0.05, 0.1) is 24.0 Å². The van der Waals surface area contributed by atoms with Crippen LogP contribution in [0.2, 0.25) is 5.02 Å². The first-order valence-corrected chi connectivity index (χ1v) is 20.8. The highest BCUT2D eigenvalue weighted by atomic mass is 35.5. The number of carbonyl (C=O) groups excluding carboxylic acids is 4. The van der Waals surface area contributed by atoms with Crippen molar-refractivity contribution < 1.29 is 27.6 Å². The first kappa shape index (κ1) is 44.3. The van der Waals surface area contributed by atoms with E-state index < -0.39 is 51.9 Å². The molecular formula is C42H52ClN7O6S. The van der Waals surface area contributed by atoms with Crippen LogP contribution in [-0.2, 0) is 32.6 Å². The lowest BCUT2D eigenvalue weighted by Crippen LogP contribution is -2.55. The maximum atomic E-state index is 14.0. The molecule has 13 nitrogen and oxygen atoms in total. The van der Waals surface area contributed by atoms with E-state index in [1.165, 1.54) is 25.2 Å². The zero-order valence-electron chi connectivity index (χ0n) is 33.0. The summed E-state index contributed by atoms with van der Waals surface area (Å²) in [5.74, 6) is -2.02. The molecule has 0 unspecified atom stereocenters. The summed E-state index contributed by atoms with van der Waals surface area (Å²) in [6, 6.07) is 25.3. The Hall–Kier alpha value is -5.44. The molecule has 0 saturated carbocycles. The third kappa shape index (κ3) is 13.3. The van der Waals surface area contributed by atoms with Crippen LogP contribution in [0.1, 0.15) is 71.1 Å². The standard InChI is InChI=1S/C42H52ClN7O6S/c1-26(2)38(42(54)46-24-30-15-17-35(44)18-16-30)49-39(51)28(4)45-25-36(19-29-11-8-7-9-12-29)48-41(53)33-20-32(22-37(23-33)50(5)57(6,55)56)40(52)47-27(3)31-13-10-14-34(43)21-31/h7-18,20-23,26-28,36,38,45H,19,24-25,44H2,1-6H3,(H,46,54)(H,47,52)(H,48,53)(H,49,51)/t27-,28+,36+,38+/m1/s1. The number of benzene rings is 4. The van der Waals surface area contributed by atoms with Crippen molar-refractivity contribution >= 4 is 56.6 Å². The molecule has 0 aliphatic heterocycles. The van der Waals surface area contributed by atoms with Crippen molar-refractivity contribution in [1.82, 2.24) is 26.6 Å². The average Bonchev–Trinajstić information content (AvgIpc) is 3.17. The number of nitrogens with two attached hydrogens (primary N) is 1. The quantitative estimate of drug-likeness (QED) is 0.0786. The van der Waals surface area contributed by atoms with Gasteiger partial charge >= 0.3 is 0 Å². The number of halogens is 1. The summed E-state index contributed by atoms with van der Waals surface area (Å²) in [5.41, 5.74) is 9.16. The average molecular weight is 818 g/mol. The Morgan fingerprint density at radius 1 is 0.754 bits per heavy atom. The first-order valence-electron chi connectivity index (χ1n) is 18.6. The molecule has 4 aromatic rings. The second-order valence-electron chi connectivity index (χ2n) is 14.4. The van der Waals surface area contributed by atoms with Crippen molar-refractivity contribution in [3.05, 3.63) is 130 Å². The lowest BCUT2D eigenvalue weighted by Gasteiger charge is -2.26. The van der Waals surface area contributed by atoms with Crippen LogP contribution in [0.4, 0.5) is 11.4 Å². The number of carbonyl (C=O) groups is 4. The van der Waals surface area contributed by atoms with Crippen molar-refractivity contribution in [2.75, 3.05) is 29.9 Å². The zero-order valence-corrected chi connectivity index (χ0v) is 34.6. The number of nitrogen functional groups attached to an aromatic ring is 1. The van der Waals surface area contributed by atoms with Crippen LogP contribution in [0.25, 0.3) is 0 Å². The summed E-state index contributed by atoms with van der Waals surface area (Å²) >= 11 is 6.16. The third-order valence-electron chi connectivity index (χ3n) is 9.42. The minimum Gasteiger partial charge on any atom is -0.399 e. The van der Waals surface area contributed by atoms with Crippen molar-refractivity contribution in [2.24, 2.45) is 5.92 Å². The molecule has 0 aliphatic rings. The summed E-state index contributed by atoms with van der Waals surface area (Å²) in [4.78, 5) is 54.1. The van der Waals surface area contributed by atoms with Crippen molar-refractivity contribution in [2.45, 2.75) is 64.8 Å². The molecule has 4 aromatic carbocycles. The van der Waals surface area contributed by atoms with Crippen LogP contribution >= 0.6 is 11.6 Å². The van der Waals surface area contributed by atoms with E-state index in [1.807, 2.05) is 62.4 Å².